The van der Waals surface area contributed by atoms with E-state index in [2.05, 4.69) is 15.3 Å². The third-order valence-electron chi connectivity index (χ3n) is 7.03. The number of benzene rings is 4. The number of fused-ring (bicyclic) bond motifs is 4. The maximum Gasteiger partial charge on any atom is 0.258 e. The highest BCUT2D eigenvalue weighted by molar-refractivity contribution is 6.19. The molecule has 2 amide bonds. The van der Waals surface area contributed by atoms with E-state index in [9.17, 15) is 14.7 Å². The average molecular weight is 526 g/mol. The Hall–Kier alpha value is -4.56. The summed E-state index contributed by atoms with van der Waals surface area (Å²) in [6.07, 6.45) is 0. The van der Waals surface area contributed by atoms with Crippen molar-refractivity contribution in [2.24, 2.45) is 0 Å². The number of nitrogen functional groups attached to an aromatic ring is 1. The molecule has 0 spiro atoms. The maximum absolute atomic E-state index is 13.7. The van der Waals surface area contributed by atoms with E-state index in [1.54, 1.807) is 53.4 Å². The quantitative estimate of drug-likeness (QED) is 0.181. The Morgan fingerprint density at radius 3 is 2.66 bits per heavy atom. The van der Waals surface area contributed by atoms with Gasteiger partial charge >= 0.3 is 0 Å². The summed E-state index contributed by atoms with van der Waals surface area (Å²) in [6.45, 7) is 2.40. The lowest BCUT2D eigenvalue weighted by molar-refractivity contribution is 0.0986. The fraction of sp³-hybridized carbons (Fsp3) is 0.138. The van der Waals surface area contributed by atoms with Crippen molar-refractivity contribution < 1.29 is 14.7 Å². The van der Waals surface area contributed by atoms with Gasteiger partial charge in [-0.05, 0) is 65.9 Å². The van der Waals surface area contributed by atoms with Gasteiger partial charge in [-0.15, -0.1) is 11.6 Å². The predicted molar refractivity (Wildman–Crippen MR) is 150 cm³/mol. The Balaban J connectivity index is 1.33. The van der Waals surface area contributed by atoms with Crippen molar-refractivity contribution in [3.63, 3.8) is 0 Å². The standard InChI is InChI=1S/C29H24ClN5O3/c1-15-3-2-4-20-24(36)12-23-26(25(15)20)18(13-30)14-35(23)28(38)17-7-10-21-22(11-17)33-29(32-21)34-27(37)16-5-8-19(31)9-6-16/h2-12,18,36H,13-14,31H2,1H3,(H2,32,33,34,37). The van der Waals surface area contributed by atoms with Crippen LogP contribution in [-0.2, 0) is 0 Å². The number of phenols is 1. The minimum absolute atomic E-state index is 0.0640. The molecule has 0 fully saturated rings. The monoisotopic (exact) mass is 525 g/mol. The minimum atomic E-state index is -0.330. The number of hydrogen-bond donors (Lipinski definition) is 4. The molecule has 0 saturated carbocycles. The summed E-state index contributed by atoms with van der Waals surface area (Å²) in [5, 5.41) is 15.2. The van der Waals surface area contributed by atoms with Gasteiger partial charge in [0, 0.05) is 46.6 Å². The summed E-state index contributed by atoms with van der Waals surface area (Å²) in [4.78, 5) is 35.5. The number of halogens is 1. The topological polar surface area (TPSA) is 124 Å². The number of amides is 2. The van der Waals surface area contributed by atoms with E-state index in [0.29, 0.717) is 46.0 Å². The zero-order valence-corrected chi connectivity index (χ0v) is 21.2. The van der Waals surface area contributed by atoms with E-state index in [1.807, 2.05) is 25.1 Å². The van der Waals surface area contributed by atoms with Crippen LogP contribution >= 0.6 is 11.6 Å². The number of aromatic hydroxyl groups is 1. The van der Waals surface area contributed by atoms with Crippen LogP contribution in [0.2, 0.25) is 0 Å². The number of rotatable bonds is 4. The number of nitrogens with one attached hydrogen (secondary N) is 2. The number of carbonyl (C=O) groups is 2. The highest BCUT2D eigenvalue weighted by Gasteiger charge is 2.35. The van der Waals surface area contributed by atoms with Crippen molar-refractivity contribution in [2.45, 2.75) is 12.8 Å². The number of aromatic nitrogens is 2. The lowest BCUT2D eigenvalue weighted by Crippen LogP contribution is -2.30. The van der Waals surface area contributed by atoms with Crippen LogP contribution in [0.25, 0.3) is 21.8 Å². The molecule has 4 aromatic carbocycles. The van der Waals surface area contributed by atoms with Gasteiger partial charge in [-0.2, -0.15) is 0 Å². The van der Waals surface area contributed by atoms with E-state index in [0.717, 1.165) is 21.9 Å². The number of nitrogens with two attached hydrogens (primary N) is 1. The van der Waals surface area contributed by atoms with Crippen LogP contribution in [0.15, 0.2) is 66.7 Å². The number of aryl methyl sites for hydroxylation is 1. The Labute approximate surface area is 223 Å². The molecule has 38 heavy (non-hydrogen) atoms. The molecule has 0 bridgehead atoms. The largest absolute Gasteiger partial charge is 0.507 e. The molecule has 6 rings (SSSR count). The van der Waals surface area contributed by atoms with Crippen LogP contribution in [0.3, 0.4) is 0 Å². The van der Waals surface area contributed by atoms with E-state index in [-0.39, 0.29) is 29.4 Å². The molecular weight excluding hydrogens is 502 g/mol. The third-order valence-corrected chi connectivity index (χ3v) is 7.41. The van der Waals surface area contributed by atoms with Crippen molar-refractivity contribution in [3.8, 4) is 5.75 Å². The van der Waals surface area contributed by atoms with E-state index < -0.39 is 0 Å². The summed E-state index contributed by atoms with van der Waals surface area (Å²) in [6, 6.07) is 19.2. The van der Waals surface area contributed by atoms with E-state index >= 15 is 0 Å². The summed E-state index contributed by atoms with van der Waals surface area (Å²) < 4.78 is 0. The maximum atomic E-state index is 13.7. The first kappa shape index (κ1) is 23.8. The second kappa shape index (κ2) is 9.08. The highest BCUT2D eigenvalue weighted by Crippen LogP contribution is 2.46. The summed E-state index contributed by atoms with van der Waals surface area (Å²) in [7, 11) is 0. The Kier molecular flexibility index (Phi) is 5.69. The van der Waals surface area contributed by atoms with Gasteiger partial charge in [-0.3, -0.25) is 14.9 Å². The lowest BCUT2D eigenvalue weighted by atomic mass is 9.92. The first-order chi connectivity index (χ1) is 18.3. The van der Waals surface area contributed by atoms with Crippen LogP contribution in [0.1, 0.15) is 37.8 Å². The summed E-state index contributed by atoms with van der Waals surface area (Å²) >= 11 is 6.36. The molecule has 1 aromatic heterocycles. The first-order valence-corrected chi connectivity index (χ1v) is 12.7. The van der Waals surface area contributed by atoms with Gasteiger partial charge in [-0.1, -0.05) is 18.2 Å². The van der Waals surface area contributed by atoms with Crippen LogP contribution in [-0.4, -0.2) is 39.3 Å². The molecule has 8 nitrogen and oxygen atoms in total. The minimum Gasteiger partial charge on any atom is -0.507 e. The second-order valence-electron chi connectivity index (χ2n) is 9.49. The molecule has 2 heterocycles. The molecule has 5 N–H and O–H groups in total. The number of aromatic amines is 1. The van der Waals surface area contributed by atoms with Gasteiger partial charge < -0.3 is 20.7 Å². The van der Waals surface area contributed by atoms with Gasteiger partial charge in [0.2, 0.25) is 5.95 Å². The van der Waals surface area contributed by atoms with Crippen LogP contribution < -0.4 is 16.0 Å². The number of anilines is 3. The molecule has 0 saturated heterocycles. The van der Waals surface area contributed by atoms with Crippen LogP contribution in [0, 0.1) is 6.92 Å². The van der Waals surface area contributed by atoms with Crippen molar-refractivity contribution in [1.82, 2.24) is 9.97 Å². The summed E-state index contributed by atoms with van der Waals surface area (Å²) in [5.41, 5.74) is 11.0. The van der Waals surface area contributed by atoms with E-state index in [1.165, 1.54) is 0 Å². The van der Waals surface area contributed by atoms with Gasteiger partial charge in [0.05, 0.1) is 16.7 Å². The lowest BCUT2D eigenvalue weighted by Gasteiger charge is -2.19. The molecular formula is C29H24ClN5O3. The SMILES string of the molecule is Cc1cccc2c(O)cc3c(c12)C(CCl)CN3C(=O)c1ccc2nc(NC(=O)c3ccc(N)cc3)[nH]c2c1. The summed E-state index contributed by atoms with van der Waals surface area (Å²) in [5.74, 6) is 0.138. The molecule has 0 aliphatic carbocycles. The molecule has 1 unspecified atom stereocenters. The molecule has 0 radical (unpaired) electrons. The Morgan fingerprint density at radius 2 is 1.89 bits per heavy atom. The van der Waals surface area contributed by atoms with Gasteiger partial charge in [0.1, 0.15) is 5.75 Å². The molecule has 1 aliphatic heterocycles. The fourth-order valence-electron chi connectivity index (χ4n) is 5.19. The molecule has 190 valence electrons. The molecule has 9 heteroatoms. The number of alkyl halides is 1. The van der Waals surface area contributed by atoms with Gasteiger partial charge in [-0.25, -0.2) is 4.98 Å². The number of phenolic OH excluding ortho intramolecular Hbond substituents is 1. The second-order valence-corrected chi connectivity index (χ2v) is 9.80. The molecule has 1 aliphatic rings. The predicted octanol–water partition coefficient (Wildman–Crippen LogP) is 5.55. The van der Waals surface area contributed by atoms with Crippen molar-refractivity contribution in [1.29, 1.82) is 0 Å². The zero-order valence-electron chi connectivity index (χ0n) is 20.5. The Morgan fingerprint density at radius 1 is 1.13 bits per heavy atom. The smallest absolute Gasteiger partial charge is 0.258 e. The molecule has 1 atom stereocenters. The number of nitrogens with zero attached hydrogens (tertiary/aromatic N) is 2. The van der Waals surface area contributed by atoms with Crippen LogP contribution in [0.4, 0.5) is 17.3 Å². The number of hydrogen-bond acceptors (Lipinski definition) is 5. The van der Waals surface area contributed by atoms with Crippen molar-refractivity contribution >= 4 is 62.5 Å². The highest BCUT2D eigenvalue weighted by atomic mass is 35.5. The van der Waals surface area contributed by atoms with Gasteiger partial charge in [0.25, 0.3) is 11.8 Å². The number of carbonyl (C=O) groups excluding carboxylic acids is 2. The van der Waals surface area contributed by atoms with Gasteiger partial charge in [0.15, 0.2) is 0 Å². The Bertz CT molecular complexity index is 1750. The fourth-order valence-corrected chi connectivity index (χ4v) is 5.44. The average Bonchev–Trinajstić information content (AvgIpc) is 3.48. The van der Waals surface area contributed by atoms with Crippen LogP contribution in [0.5, 0.6) is 5.75 Å². The van der Waals surface area contributed by atoms with Crippen molar-refractivity contribution in [2.75, 3.05) is 28.4 Å². The first-order valence-electron chi connectivity index (χ1n) is 12.1. The number of H-pyrrole nitrogens is 1. The van der Waals surface area contributed by atoms with Crippen molar-refractivity contribution in [3.05, 3.63) is 89.0 Å². The normalized spacial score (nSPS) is 14.7. The number of imidazole rings is 1. The zero-order chi connectivity index (χ0) is 26.6. The third kappa shape index (κ3) is 3.90. The molecule has 5 aromatic rings. The van der Waals surface area contributed by atoms with E-state index in [4.69, 9.17) is 17.3 Å².